The van der Waals surface area contributed by atoms with Gasteiger partial charge in [-0.05, 0) is 50.4 Å². The Morgan fingerprint density at radius 3 is 2.74 bits per heavy atom. The predicted octanol–water partition coefficient (Wildman–Crippen LogP) is 3.20. The number of amides is 1. The van der Waals surface area contributed by atoms with Crippen LogP contribution >= 0.6 is 22.9 Å². The lowest BCUT2D eigenvalue weighted by Gasteiger charge is -2.28. The number of thiophene rings is 1. The Bertz CT molecular complexity index is 687. The van der Waals surface area contributed by atoms with Crippen molar-refractivity contribution in [1.29, 1.82) is 0 Å². The number of nitrogens with one attached hydrogen (secondary N) is 1. The van der Waals surface area contributed by atoms with E-state index in [2.05, 4.69) is 21.0 Å². The van der Waals surface area contributed by atoms with Gasteiger partial charge in [-0.1, -0.05) is 17.3 Å². The summed E-state index contributed by atoms with van der Waals surface area (Å²) in [5, 5.41) is 16.7. The lowest BCUT2D eigenvalue weighted by Crippen LogP contribution is -2.38. The van der Waals surface area contributed by atoms with Crippen molar-refractivity contribution in [3.63, 3.8) is 0 Å². The van der Waals surface area contributed by atoms with Crippen molar-refractivity contribution in [3.8, 4) is 0 Å². The average Bonchev–Trinajstić information content (AvgIpc) is 3.25. The minimum Gasteiger partial charge on any atom is -0.388 e. The topological polar surface area (TPSA) is 75.1 Å². The maximum atomic E-state index is 12.4. The number of aryl methyl sites for hydroxylation is 1. The molecule has 2 N–H and O–H groups in total. The number of hydrogen-bond donors (Lipinski definition) is 2. The molecule has 0 unspecified atom stereocenters. The van der Waals surface area contributed by atoms with Crippen molar-refractivity contribution in [2.24, 2.45) is 0 Å². The molecule has 2 heterocycles. The maximum absolute atomic E-state index is 12.4. The summed E-state index contributed by atoms with van der Waals surface area (Å²) in [7, 11) is 0. The van der Waals surface area contributed by atoms with Crippen LogP contribution in [0.4, 0.5) is 0 Å². The molecule has 0 saturated heterocycles. The van der Waals surface area contributed by atoms with Gasteiger partial charge in [-0.25, -0.2) is 0 Å². The van der Waals surface area contributed by atoms with Crippen molar-refractivity contribution in [2.75, 3.05) is 6.54 Å². The first-order chi connectivity index (χ1) is 11.0. The summed E-state index contributed by atoms with van der Waals surface area (Å²) in [5.41, 5.74) is 0.680. The summed E-state index contributed by atoms with van der Waals surface area (Å²) in [6.45, 7) is 4.22. The number of carbonyl (C=O) groups excluding carboxylic acids is 1. The number of aromatic nitrogens is 2. The van der Waals surface area contributed by atoms with Gasteiger partial charge in [-0.3, -0.25) is 4.79 Å². The van der Waals surface area contributed by atoms with E-state index in [9.17, 15) is 9.90 Å². The molecule has 124 valence electrons. The van der Waals surface area contributed by atoms with Crippen molar-refractivity contribution < 1.29 is 9.90 Å². The Labute approximate surface area is 143 Å². The second-order valence-corrected chi connectivity index (χ2v) is 8.11. The average molecular weight is 351 g/mol. The van der Waals surface area contributed by atoms with Gasteiger partial charge in [-0.15, -0.1) is 16.4 Å². The summed E-state index contributed by atoms with van der Waals surface area (Å²) in [4.78, 5) is 15.2. The van der Waals surface area contributed by atoms with Crippen molar-refractivity contribution >= 4 is 28.8 Å². The van der Waals surface area contributed by atoms with E-state index in [4.69, 9.17) is 0 Å². The van der Waals surface area contributed by atoms with E-state index >= 15 is 0 Å². The van der Waals surface area contributed by atoms with E-state index in [0.717, 1.165) is 29.3 Å². The fraction of sp³-hybridized carbons (Fsp3) is 0.562. The largest absolute Gasteiger partial charge is 0.388 e. The van der Waals surface area contributed by atoms with Gasteiger partial charge in [-0.2, -0.15) is 0 Å². The number of hydrogen-bond acceptors (Lipinski definition) is 6. The maximum Gasteiger partial charge on any atom is 0.264 e. The Kier molecular flexibility index (Phi) is 4.79. The first-order valence-electron chi connectivity index (χ1n) is 7.87. The molecule has 0 aromatic carbocycles. The molecule has 2 aromatic rings. The van der Waals surface area contributed by atoms with Gasteiger partial charge in [0.1, 0.15) is 4.88 Å². The normalized spacial score (nSPS) is 18.0. The lowest BCUT2D eigenvalue weighted by molar-refractivity contribution is 0.0946. The highest BCUT2D eigenvalue weighted by atomic mass is 32.1. The van der Waals surface area contributed by atoms with Crippen LogP contribution in [-0.4, -0.2) is 27.1 Å². The van der Waals surface area contributed by atoms with Crippen LogP contribution in [0.3, 0.4) is 0 Å². The summed E-state index contributed by atoms with van der Waals surface area (Å²) >= 11 is 2.81. The molecule has 0 radical (unpaired) electrons. The quantitative estimate of drug-likeness (QED) is 0.867. The zero-order chi connectivity index (χ0) is 16.4. The predicted molar refractivity (Wildman–Crippen MR) is 92.1 cm³/mol. The molecule has 0 spiro atoms. The third kappa shape index (κ3) is 3.32. The van der Waals surface area contributed by atoms with Crippen LogP contribution in [0.5, 0.6) is 0 Å². The second kappa shape index (κ2) is 6.67. The Hall–Kier alpha value is -1.31. The van der Waals surface area contributed by atoms with Gasteiger partial charge >= 0.3 is 0 Å². The summed E-state index contributed by atoms with van der Waals surface area (Å²) in [5.74, 6) is -0.0870. The zero-order valence-corrected chi connectivity index (χ0v) is 15.0. The van der Waals surface area contributed by atoms with Gasteiger partial charge < -0.3 is 10.4 Å². The fourth-order valence-electron chi connectivity index (χ4n) is 3.19. The van der Waals surface area contributed by atoms with Crippen LogP contribution in [0.25, 0.3) is 0 Å². The monoisotopic (exact) mass is 351 g/mol. The molecule has 3 rings (SSSR count). The summed E-state index contributed by atoms with van der Waals surface area (Å²) < 4.78 is 3.83. The first-order valence-corrected chi connectivity index (χ1v) is 9.46. The third-order valence-corrected chi connectivity index (χ3v) is 6.90. The van der Waals surface area contributed by atoms with Crippen molar-refractivity contribution in [1.82, 2.24) is 14.9 Å². The molecule has 23 heavy (non-hydrogen) atoms. The van der Waals surface area contributed by atoms with Gasteiger partial charge in [0.05, 0.1) is 11.8 Å². The standard InChI is InChI=1S/C16H21N3O2S2/c1-10-14(23-19-18-10)15(21)17-9-16(7-3-4-8-16)13-6-5-12(22-13)11(2)20/h5-6,11,20H,3-4,7-9H2,1-2H3,(H,17,21)/t11-/m0/s1. The number of nitrogens with zero attached hydrogens (tertiary/aromatic N) is 2. The van der Waals surface area contributed by atoms with Crippen LogP contribution < -0.4 is 5.32 Å². The molecule has 2 aromatic heterocycles. The highest BCUT2D eigenvalue weighted by molar-refractivity contribution is 7.12. The molecular weight excluding hydrogens is 330 g/mol. The van der Waals surface area contributed by atoms with Crippen molar-refractivity contribution in [2.45, 2.75) is 51.0 Å². The minimum atomic E-state index is -0.437. The smallest absolute Gasteiger partial charge is 0.264 e. The van der Waals surface area contributed by atoms with E-state index in [1.54, 1.807) is 25.2 Å². The van der Waals surface area contributed by atoms with Crippen LogP contribution in [0.15, 0.2) is 12.1 Å². The lowest BCUT2D eigenvalue weighted by atomic mass is 9.84. The van der Waals surface area contributed by atoms with E-state index in [0.29, 0.717) is 17.1 Å². The van der Waals surface area contributed by atoms with E-state index in [-0.39, 0.29) is 11.3 Å². The molecule has 7 heteroatoms. The molecule has 1 amide bonds. The number of aliphatic hydroxyl groups is 1. The van der Waals surface area contributed by atoms with Crippen LogP contribution in [0.2, 0.25) is 0 Å². The van der Waals surface area contributed by atoms with Crippen LogP contribution in [0.1, 0.15) is 63.8 Å². The molecule has 1 aliphatic rings. The molecule has 1 saturated carbocycles. The molecule has 1 fully saturated rings. The van der Waals surface area contributed by atoms with Gasteiger partial charge in [0.15, 0.2) is 0 Å². The highest BCUT2D eigenvalue weighted by Gasteiger charge is 2.37. The molecule has 0 aliphatic heterocycles. The second-order valence-electron chi connectivity index (χ2n) is 6.24. The Balaban J connectivity index is 1.76. The first kappa shape index (κ1) is 16.5. The molecule has 0 bridgehead atoms. The number of aliphatic hydroxyl groups excluding tert-OH is 1. The number of carbonyl (C=O) groups is 1. The molecular formula is C16H21N3O2S2. The van der Waals surface area contributed by atoms with E-state index < -0.39 is 6.10 Å². The summed E-state index contributed by atoms with van der Waals surface area (Å²) in [6.07, 6.45) is 4.07. The third-order valence-electron chi connectivity index (χ3n) is 4.57. The van der Waals surface area contributed by atoms with Crippen LogP contribution in [-0.2, 0) is 5.41 Å². The zero-order valence-electron chi connectivity index (χ0n) is 13.3. The SMILES string of the molecule is Cc1nnsc1C(=O)NCC1(c2ccc([C@H](C)O)s2)CCCC1. The molecule has 1 atom stereocenters. The van der Waals surface area contributed by atoms with Gasteiger partial charge in [0.2, 0.25) is 0 Å². The minimum absolute atomic E-state index is 0.000508. The highest BCUT2D eigenvalue weighted by Crippen LogP contribution is 2.44. The summed E-state index contributed by atoms with van der Waals surface area (Å²) in [6, 6.07) is 4.12. The van der Waals surface area contributed by atoms with Crippen molar-refractivity contribution in [3.05, 3.63) is 32.5 Å². The Morgan fingerprint density at radius 1 is 1.43 bits per heavy atom. The van der Waals surface area contributed by atoms with Crippen LogP contribution in [0, 0.1) is 6.92 Å². The van der Waals surface area contributed by atoms with E-state index in [1.165, 1.54) is 17.7 Å². The number of rotatable bonds is 5. The molecule has 1 aliphatic carbocycles. The van der Waals surface area contributed by atoms with Gasteiger partial charge in [0, 0.05) is 21.7 Å². The van der Waals surface area contributed by atoms with E-state index in [1.807, 2.05) is 6.07 Å². The molecule has 5 nitrogen and oxygen atoms in total. The Morgan fingerprint density at radius 2 is 2.17 bits per heavy atom. The fourth-order valence-corrected chi connectivity index (χ4v) is 4.96. The van der Waals surface area contributed by atoms with Gasteiger partial charge in [0.25, 0.3) is 5.91 Å².